The summed E-state index contributed by atoms with van der Waals surface area (Å²) in [5.74, 6) is 0.564. The van der Waals surface area contributed by atoms with E-state index in [1.165, 1.54) is 0 Å². The van der Waals surface area contributed by atoms with Crippen molar-refractivity contribution < 1.29 is 4.74 Å². The predicted octanol–water partition coefficient (Wildman–Crippen LogP) is 4.23. The maximum absolute atomic E-state index is 9.65. The number of nitrogens with zero attached hydrogens (tertiary/aromatic N) is 3. The van der Waals surface area contributed by atoms with Gasteiger partial charge in [0.05, 0.1) is 41.6 Å². The molecule has 0 saturated heterocycles. The molecule has 0 fully saturated rings. The number of aromatic nitrogens is 2. The van der Waals surface area contributed by atoms with Gasteiger partial charge < -0.3 is 10.1 Å². The van der Waals surface area contributed by atoms with Gasteiger partial charge in [0, 0.05) is 11.4 Å². The number of benzene rings is 1. The number of hydrogen-bond acceptors (Lipinski definition) is 4. The second-order valence-electron chi connectivity index (χ2n) is 6.87. The van der Waals surface area contributed by atoms with Crippen molar-refractivity contribution in [2.75, 3.05) is 6.61 Å². The van der Waals surface area contributed by atoms with Gasteiger partial charge in [-0.3, -0.25) is 5.10 Å². The molecule has 1 unspecified atom stereocenters. The van der Waals surface area contributed by atoms with Gasteiger partial charge in [0.2, 0.25) is 5.88 Å². The highest BCUT2D eigenvalue weighted by molar-refractivity contribution is 5.85. The number of ether oxygens (including phenoxy) is 1. The van der Waals surface area contributed by atoms with Crippen LogP contribution in [0.3, 0.4) is 0 Å². The summed E-state index contributed by atoms with van der Waals surface area (Å²) in [4.78, 5) is 3.70. The number of dihydropyridines is 1. The molecule has 26 heavy (non-hydrogen) atoms. The third-order valence-corrected chi connectivity index (χ3v) is 4.40. The third kappa shape index (κ3) is 3.02. The fraction of sp³-hybridized carbons (Fsp3) is 0.350. The molecule has 0 saturated carbocycles. The van der Waals surface area contributed by atoms with Crippen LogP contribution in [-0.4, -0.2) is 16.8 Å². The molecular formula is C20H21N5O. The van der Waals surface area contributed by atoms with E-state index in [4.69, 9.17) is 11.3 Å². The van der Waals surface area contributed by atoms with E-state index in [1.807, 2.05) is 32.0 Å². The van der Waals surface area contributed by atoms with E-state index < -0.39 is 0 Å². The molecule has 1 aliphatic heterocycles. The van der Waals surface area contributed by atoms with Gasteiger partial charge in [0.15, 0.2) is 5.70 Å². The molecule has 0 spiro atoms. The molecule has 6 nitrogen and oxygen atoms in total. The van der Waals surface area contributed by atoms with Crippen molar-refractivity contribution in [3.8, 4) is 11.9 Å². The lowest BCUT2D eigenvalue weighted by atomic mass is 9.84. The zero-order chi connectivity index (χ0) is 18.8. The fourth-order valence-electron chi connectivity index (χ4n) is 3.15. The number of hydrogen-bond donors (Lipinski definition) is 2. The van der Waals surface area contributed by atoms with Crippen molar-refractivity contribution in [2.45, 2.75) is 33.6 Å². The predicted molar refractivity (Wildman–Crippen MR) is 99.9 cm³/mol. The first-order valence-electron chi connectivity index (χ1n) is 8.53. The first-order valence-corrected chi connectivity index (χ1v) is 8.53. The van der Waals surface area contributed by atoms with Crippen LogP contribution in [-0.2, 0) is 0 Å². The largest absolute Gasteiger partial charge is 0.476 e. The summed E-state index contributed by atoms with van der Waals surface area (Å²) in [7, 11) is 0. The molecule has 6 heteroatoms. The van der Waals surface area contributed by atoms with Crippen molar-refractivity contribution >= 4 is 10.9 Å². The van der Waals surface area contributed by atoms with Crippen molar-refractivity contribution in [3.63, 3.8) is 0 Å². The van der Waals surface area contributed by atoms with Gasteiger partial charge in [-0.05, 0) is 37.5 Å². The number of aromatic amines is 1. The molecule has 2 N–H and O–H groups in total. The average Bonchev–Trinajstić information content (AvgIpc) is 3.01. The maximum Gasteiger partial charge on any atom is 0.240 e. The van der Waals surface area contributed by atoms with Crippen LogP contribution in [0.5, 0.6) is 5.88 Å². The molecule has 1 aliphatic rings. The first kappa shape index (κ1) is 17.6. The molecule has 0 amide bonds. The lowest BCUT2D eigenvalue weighted by Gasteiger charge is -2.26. The Morgan fingerprint density at radius 3 is 2.77 bits per heavy atom. The van der Waals surface area contributed by atoms with Crippen LogP contribution in [0.15, 0.2) is 40.9 Å². The number of nitriles is 1. The van der Waals surface area contributed by atoms with Crippen LogP contribution >= 0.6 is 0 Å². The Hall–Kier alpha value is -3.25. The van der Waals surface area contributed by atoms with Crippen molar-refractivity contribution in [3.05, 3.63) is 57.8 Å². The zero-order valence-electron chi connectivity index (χ0n) is 15.3. The van der Waals surface area contributed by atoms with Crippen LogP contribution in [0, 0.1) is 23.8 Å². The van der Waals surface area contributed by atoms with Crippen LogP contribution in [0.2, 0.25) is 0 Å². The summed E-state index contributed by atoms with van der Waals surface area (Å²) in [6, 6.07) is 8.09. The van der Waals surface area contributed by atoms with E-state index in [2.05, 4.69) is 40.3 Å². The SMILES string of the molecule is [C-]#[N+]C1=C(C)NC(C)=C(C#N)C1c1ccc2[nH]nc(OCC(C)C)c2c1. The minimum absolute atomic E-state index is 0.379. The van der Waals surface area contributed by atoms with E-state index in [9.17, 15) is 5.26 Å². The average molecular weight is 347 g/mol. The quantitative estimate of drug-likeness (QED) is 0.811. The molecule has 1 aromatic carbocycles. The van der Waals surface area contributed by atoms with Crippen molar-refractivity contribution in [1.29, 1.82) is 5.26 Å². The Morgan fingerprint density at radius 2 is 2.12 bits per heavy atom. The Balaban J connectivity index is 2.11. The maximum atomic E-state index is 9.65. The minimum atomic E-state index is -0.379. The van der Waals surface area contributed by atoms with Crippen molar-refractivity contribution in [1.82, 2.24) is 15.5 Å². The highest BCUT2D eigenvalue weighted by Gasteiger charge is 2.30. The molecule has 1 aromatic heterocycles. The summed E-state index contributed by atoms with van der Waals surface area (Å²) in [5.41, 5.74) is 4.42. The number of fused-ring (bicyclic) bond motifs is 1. The lowest BCUT2D eigenvalue weighted by Crippen LogP contribution is -2.22. The van der Waals surface area contributed by atoms with Crippen LogP contribution in [0.1, 0.15) is 39.2 Å². The van der Waals surface area contributed by atoms with Crippen LogP contribution in [0.4, 0.5) is 0 Å². The Labute approximate surface area is 153 Å². The number of H-pyrrole nitrogens is 1. The van der Waals surface area contributed by atoms with Gasteiger partial charge in [-0.2, -0.15) is 5.26 Å². The number of allylic oxidation sites excluding steroid dienone is 3. The van der Waals surface area contributed by atoms with Crippen LogP contribution in [0.25, 0.3) is 15.7 Å². The topological polar surface area (TPSA) is 78.1 Å². The van der Waals surface area contributed by atoms with Crippen molar-refractivity contribution in [2.24, 2.45) is 5.92 Å². The fourth-order valence-corrected chi connectivity index (χ4v) is 3.15. The Morgan fingerprint density at radius 1 is 1.35 bits per heavy atom. The molecule has 0 bridgehead atoms. The molecule has 2 heterocycles. The van der Waals surface area contributed by atoms with Crippen LogP contribution < -0.4 is 10.1 Å². The van der Waals surface area contributed by atoms with E-state index in [0.717, 1.165) is 27.9 Å². The highest BCUT2D eigenvalue weighted by Crippen LogP contribution is 2.39. The van der Waals surface area contributed by atoms with Gasteiger partial charge in [-0.25, -0.2) is 4.85 Å². The van der Waals surface area contributed by atoms with E-state index >= 15 is 0 Å². The normalized spacial score (nSPS) is 17.3. The molecule has 132 valence electrons. The number of nitrogens with one attached hydrogen (secondary N) is 2. The number of rotatable bonds is 4. The molecule has 2 aromatic rings. The molecule has 0 radical (unpaired) electrons. The molecule has 3 rings (SSSR count). The summed E-state index contributed by atoms with van der Waals surface area (Å²) < 4.78 is 5.81. The second kappa shape index (κ2) is 6.93. The summed E-state index contributed by atoms with van der Waals surface area (Å²) in [6.07, 6.45) is 0. The van der Waals surface area contributed by atoms with Gasteiger partial charge in [0.25, 0.3) is 0 Å². The van der Waals surface area contributed by atoms with E-state index in [1.54, 1.807) is 0 Å². The Kier molecular flexibility index (Phi) is 4.69. The molecule has 0 aliphatic carbocycles. The molecular weight excluding hydrogens is 326 g/mol. The zero-order valence-corrected chi connectivity index (χ0v) is 15.3. The summed E-state index contributed by atoms with van der Waals surface area (Å²) in [5, 5.41) is 20.9. The third-order valence-electron chi connectivity index (χ3n) is 4.40. The van der Waals surface area contributed by atoms with Gasteiger partial charge >= 0.3 is 0 Å². The van der Waals surface area contributed by atoms with Gasteiger partial charge in [-0.15, -0.1) is 5.10 Å². The van der Waals surface area contributed by atoms with E-state index in [0.29, 0.717) is 29.7 Å². The second-order valence-corrected chi connectivity index (χ2v) is 6.87. The molecule has 1 atom stereocenters. The van der Waals surface area contributed by atoms with Gasteiger partial charge in [-0.1, -0.05) is 19.9 Å². The standard InChI is InChI=1S/C20H21N5O/c1-11(2)10-26-20-15-8-14(6-7-17(15)24-25-20)18-16(9-21)12(3)23-13(4)19(18)22-5/h6-8,11,18,23H,10H2,1-4H3,(H,24,25). The highest BCUT2D eigenvalue weighted by atomic mass is 16.5. The van der Waals surface area contributed by atoms with Gasteiger partial charge in [0.1, 0.15) is 0 Å². The lowest BCUT2D eigenvalue weighted by molar-refractivity contribution is 0.264. The first-order chi connectivity index (χ1) is 12.5. The monoisotopic (exact) mass is 347 g/mol. The smallest absolute Gasteiger partial charge is 0.240 e. The Bertz CT molecular complexity index is 961. The summed E-state index contributed by atoms with van der Waals surface area (Å²) in [6.45, 7) is 16.0. The summed E-state index contributed by atoms with van der Waals surface area (Å²) >= 11 is 0. The minimum Gasteiger partial charge on any atom is -0.476 e. The van der Waals surface area contributed by atoms with E-state index in [-0.39, 0.29) is 5.92 Å².